The van der Waals surface area contributed by atoms with Gasteiger partial charge in [-0.1, -0.05) is 0 Å². The van der Waals surface area contributed by atoms with Crippen molar-refractivity contribution in [3.8, 4) is 0 Å². The molecule has 1 aliphatic rings. The molecule has 72 valence electrons. The normalized spacial score (nSPS) is 16.4. The molecule has 0 atom stereocenters. The van der Waals surface area contributed by atoms with Crippen LogP contribution in [0.25, 0.3) is 0 Å². The standard InChI is InChI=1S/C9H14N2OS/c12-5-9-11-8(6-13-9)3-4-10-7-1-2-7/h6-7,10,12H,1-5H2. The van der Waals surface area contributed by atoms with Gasteiger partial charge in [0, 0.05) is 24.4 Å². The first-order chi connectivity index (χ1) is 6.38. The van der Waals surface area contributed by atoms with Crippen LogP contribution in [-0.4, -0.2) is 22.7 Å². The van der Waals surface area contributed by atoms with Crippen molar-refractivity contribution in [3.63, 3.8) is 0 Å². The van der Waals surface area contributed by atoms with Gasteiger partial charge in [0.05, 0.1) is 12.3 Å². The maximum Gasteiger partial charge on any atom is 0.118 e. The number of aliphatic hydroxyl groups is 1. The van der Waals surface area contributed by atoms with Gasteiger partial charge in [0.15, 0.2) is 0 Å². The molecule has 0 unspecified atom stereocenters. The van der Waals surface area contributed by atoms with Crippen molar-refractivity contribution in [3.05, 3.63) is 16.1 Å². The van der Waals surface area contributed by atoms with Crippen molar-refractivity contribution in [2.24, 2.45) is 0 Å². The highest BCUT2D eigenvalue weighted by atomic mass is 32.1. The van der Waals surface area contributed by atoms with Crippen molar-refractivity contribution in [2.45, 2.75) is 31.9 Å². The minimum Gasteiger partial charge on any atom is -0.389 e. The van der Waals surface area contributed by atoms with Crippen LogP contribution < -0.4 is 5.32 Å². The van der Waals surface area contributed by atoms with E-state index in [2.05, 4.69) is 10.3 Å². The van der Waals surface area contributed by atoms with Crippen LogP contribution >= 0.6 is 11.3 Å². The summed E-state index contributed by atoms with van der Waals surface area (Å²) < 4.78 is 0. The summed E-state index contributed by atoms with van der Waals surface area (Å²) in [7, 11) is 0. The van der Waals surface area contributed by atoms with Crippen molar-refractivity contribution >= 4 is 11.3 Å². The number of hydrogen-bond acceptors (Lipinski definition) is 4. The topological polar surface area (TPSA) is 45.2 Å². The Kier molecular flexibility index (Phi) is 2.93. The predicted octanol–water partition coefficient (Wildman–Crippen LogP) is 0.930. The summed E-state index contributed by atoms with van der Waals surface area (Å²) in [6.07, 6.45) is 3.64. The molecule has 1 aromatic heterocycles. The first kappa shape index (κ1) is 9.12. The average molecular weight is 198 g/mol. The molecule has 1 aromatic rings. The maximum atomic E-state index is 8.81. The molecule has 0 amide bonds. The van der Waals surface area contributed by atoms with Crippen LogP contribution in [0.15, 0.2) is 5.38 Å². The quantitative estimate of drug-likeness (QED) is 0.740. The SMILES string of the molecule is OCc1nc(CCNC2CC2)cs1. The van der Waals surface area contributed by atoms with Crippen LogP contribution in [0.3, 0.4) is 0 Å². The lowest BCUT2D eigenvalue weighted by atomic mass is 10.3. The van der Waals surface area contributed by atoms with Crippen LogP contribution in [0.2, 0.25) is 0 Å². The summed E-state index contributed by atoms with van der Waals surface area (Å²) in [6.45, 7) is 1.08. The lowest BCUT2D eigenvalue weighted by Crippen LogP contribution is -2.19. The summed E-state index contributed by atoms with van der Waals surface area (Å²) in [5.74, 6) is 0. The Balaban J connectivity index is 1.72. The number of rotatable bonds is 5. The van der Waals surface area contributed by atoms with Crippen molar-refractivity contribution in [2.75, 3.05) is 6.54 Å². The van der Waals surface area contributed by atoms with E-state index in [-0.39, 0.29) is 6.61 Å². The van der Waals surface area contributed by atoms with Crippen molar-refractivity contribution in [1.82, 2.24) is 10.3 Å². The molecule has 1 fully saturated rings. The Bertz CT molecular complexity index is 270. The van der Waals surface area contributed by atoms with Gasteiger partial charge in [-0.2, -0.15) is 0 Å². The molecular formula is C9H14N2OS. The highest BCUT2D eigenvalue weighted by Crippen LogP contribution is 2.18. The van der Waals surface area contributed by atoms with E-state index in [0.29, 0.717) is 0 Å². The molecule has 1 heterocycles. The molecule has 2 rings (SSSR count). The second kappa shape index (κ2) is 4.17. The molecule has 0 spiro atoms. The van der Waals surface area contributed by atoms with Crippen molar-refractivity contribution in [1.29, 1.82) is 0 Å². The van der Waals surface area contributed by atoms with Crippen LogP contribution in [0, 0.1) is 0 Å². The van der Waals surface area contributed by atoms with Gasteiger partial charge >= 0.3 is 0 Å². The summed E-state index contributed by atoms with van der Waals surface area (Å²) in [4.78, 5) is 4.27. The van der Waals surface area contributed by atoms with Gasteiger partial charge in [-0.3, -0.25) is 0 Å². The van der Waals surface area contributed by atoms with E-state index < -0.39 is 0 Å². The third-order valence-corrected chi connectivity index (χ3v) is 3.01. The number of thiazole rings is 1. The zero-order chi connectivity index (χ0) is 9.10. The van der Waals surface area contributed by atoms with E-state index in [4.69, 9.17) is 5.11 Å². The Labute approximate surface area is 81.8 Å². The van der Waals surface area contributed by atoms with Gasteiger partial charge in [0.1, 0.15) is 5.01 Å². The number of hydrogen-bond donors (Lipinski definition) is 2. The summed E-state index contributed by atoms with van der Waals surface area (Å²) in [5, 5.41) is 15.1. The fourth-order valence-electron chi connectivity index (χ4n) is 1.23. The Morgan fingerprint density at radius 2 is 2.46 bits per heavy atom. The van der Waals surface area contributed by atoms with E-state index in [1.54, 1.807) is 0 Å². The molecule has 1 aliphatic carbocycles. The molecule has 0 aliphatic heterocycles. The van der Waals surface area contributed by atoms with Crippen LogP contribution in [0.1, 0.15) is 23.5 Å². The van der Waals surface area contributed by atoms with Crippen molar-refractivity contribution < 1.29 is 5.11 Å². The molecule has 2 N–H and O–H groups in total. The minimum atomic E-state index is 0.0702. The van der Waals surface area contributed by atoms with E-state index in [0.717, 1.165) is 29.7 Å². The highest BCUT2D eigenvalue weighted by Gasteiger charge is 2.19. The summed E-state index contributed by atoms with van der Waals surface area (Å²) in [6, 6.07) is 0.774. The minimum absolute atomic E-state index is 0.0702. The lowest BCUT2D eigenvalue weighted by molar-refractivity contribution is 0.281. The predicted molar refractivity (Wildman–Crippen MR) is 52.8 cm³/mol. The number of aliphatic hydroxyl groups excluding tert-OH is 1. The van der Waals surface area contributed by atoms with E-state index in [1.165, 1.54) is 24.2 Å². The monoisotopic (exact) mass is 198 g/mol. The summed E-state index contributed by atoms with van der Waals surface area (Å²) in [5.41, 5.74) is 1.10. The molecule has 0 aromatic carbocycles. The molecule has 4 heteroatoms. The van der Waals surface area contributed by atoms with Gasteiger partial charge in [0.25, 0.3) is 0 Å². The van der Waals surface area contributed by atoms with E-state index >= 15 is 0 Å². The first-order valence-electron chi connectivity index (χ1n) is 4.66. The largest absolute Gasteiger partial charge is 0.389 e. The third-order valence-electron chi connectivity index (χ3n) is 2.13. The Morgan fingerprint density at radius 3 is 3.08 bits per heavy atom. The van der Waals surface area contributed by atoms with E-state index in [9.17, 15) is 0 Å². The second-order valence-electron chi connectivity index (χ2n) is 3.37. The van der Waals surface area contributed by atoms with Gasteiger partial charge in [-0.05, 0) is 12.8 Å². The van der Waals surface area contributed by atoms with Gasteiger partial charge in [0.2, 0.25) is 0 Å². The third kappa shape index (κ3) is 2.76. The molecule has 1 saturated carbocycles. The van der Waals surface area contributed by atoms with Crippen LogP contribution in [0.4, 0.5) is 0 Å². The Hall–Kier alpha value is -0.450. The van der Waals surface area contributed by atoms with Gasteiger partial charge in [-0.15, -0.1) is 11.3 Å². The van der Waals surface area contributed by atoms with Crippen LogP contribution in [-0.2, 0) is 13.0 Å². The smallest absolute Gasteiger partial charge is 0.118 e. The van der Waals surface area contributed by atoms with Gasteiger partial charge in [-0.25, -0.2) is 4.98 Å². The first-order valence-corrected chi connectivity index (χ1v) is 5.54. The lowest BCUT2D eigenvalue weighted by Gasteiger charge is -1.98. The molecule has 3 nitrogen and oxygen atoms in total. The zero-order valence-electron chi connectivity index (χ0n) is 7.49. The summed E-state index contributed by atoms with van der Waals surface area (Å²) >= 11 is 1.54. The molecule has 0 saturated heterocycles. The van der Waals surface area contributed by atoms with E-state index in [1.807, 2.05) is 5.38 Å². The molecule has 13 heavy (non-hydrogen) atoms. The maximum absolute atomic E-state index is 8.81. The number of nitrogens with zero attached hydrogens (tertiary/aromatic N) is 1. The number of nitrogens with one attached hydrogen (secondary N) is 1. The Morgan fingerprint density at radius 1 is 1.62 bits per heavy atom. The fraction of sp³-hybridized carbons (Fsp3) is 0.667. The molecular weight excluding hydrogens is 184 g/mol. The fourth-order valence-corrected chi connectivity index (χ4v) is 1.92. The average Bonchev–Trinajstić information content (AvgIpc) is 2.84. The highest BCUT2D eigenvalue weighted by molar-refractivity contribution is 7.09. The van der Waals surface area contributed by atoms with Gasteiger partial charge < -0.3 is 10.4 Å². The number of aromatic nitrogens is 1. The zero-order valence-corrected chi connectivity index (χ0v) is 8.31. The molecule has 0 bridgehead atoms. The molecule has 0 radical (unpaired) electrons. The van der Waals surface area contributed by atoms with Crippen LogP contribution in [0.5, 0.6) is 0 Å². The second-order valence-corrected chi connectivity index (χ2v) is 4.31.